The molecule has 2 amide bonds. The first kappa shape index (κ1) is 21.8. The van der Waals surface area contributed by atoms with Gasteiger partial charge in [0.2, 0.25) is 5.91 Å². The molecule has 160 valence electrons. The van der Waals surface area contributed by atoms with Gasteiger partial charge in [-0.15, -0.1) is 0 Å². The number of ether oxygens (including phenoxy) is 1. The number of aromatic nitrogens is 2. The van der Waals surface area contributed by atoms with E-state index in [1.54, 1.807) is 30.3 Å². The number of carbonyl (C=O) groups excluding carboxylic acids is 2. The Morgan fingerprint density at radius 1 is 0.935 bits per heavy atom. The average Bonchev–Trinajstić information content (AvgIpc) is 2.74. The normalized spacial score (nSPS) is 10.4. The summed E-state index contributed by atoms with van der Waals surface area (Å²) in [6.07, 6.45) is 0. The van der Waals surface area contributed by atoms with Crippen LogP contribution in [0.5, 0.6) is 5.75 Å². The third-order valence-electron chi connectivity index (χ3n) is 4.61. The first-order chi connectivity index (χ1) is 14.9. The minimum atomic E-state index is -0.482. The topological polar surface area (TPSA) is 102 Å². The van der Waals surface area contributed by atoms with E-state index < -0.39 is 17.4 Å². The van der Waals surface area contributed by atoms with E-state index in [1.807, 2.05) is 32.9 Å². The van der Waals surface area contributed by atoms with Gasteiger partial charge in [0.25, 0.3) is 11.5 Å². The fraction of sp³-hybridized carbons (Fsp3) is 0.217. The van der Waals surface area contributed by atoms with Crippen LogP contribution in [0, 0.1) is 13.8 Å². The SMILES string of the molecule is CCOc1ccc(NC(=O)Cn2nc(C(=O)Nc3ccc(C)c(C)c3)ccc2=O)cc1. The lowest BCUT2D eigenvalue weighted by Gasteiger charge is -2.10. The molecule has 31 heavy (non-hydrogen) atoms. The van der Waals surface area contributed by atoms with Crippen molar-refractivity contribution in [1.82, 2.24) is 9.78 Å². The number of hydrogen-bond donors (Lipinski definition) is 2. The summed E-state index contributed by atoms with van der Waals surface area (Å²) in [5, 5.41) is 9.48. The summed E-state index contributed by atoms with van der Waals surface area (Å²) in [6.45, 7) is 6.05. The molecule has 2 N–H and O–H groups in total. The van der Waals surface area contributed by atoms with Crippen LogP contribution in [0.3, 0.4) is 0 Å². The Balaban J connectivity index is 1.68. The summed E-state index contributed by atoms with van der Waals surface area (Å²) in [7, 11) is 0. The quantitative estimate of drug-likeness (QED) is 0.611. The monoisotopic (exact) mass is 420 g/mol. The maximum atomic E-state index is 12.5. The summed E-state index contributed by atoms with van der Waals surface area (Å²) in [6, 6.07) is 15.0. The van der Waals surface area contributed by atoms with Crippen LogP contribution < -0.4 is 20.9 Å². The maximum absolute atomic E-state index is 12.5. The highest BCUT2D eigenvalue weighted by Gasteiger charge is 2.13. The summed E-state index contributed by atoms with van der Waals surface area (Å²) in [4.78, 5) is 37.0. The first-order valence-electron chi connectivity index (χ1n) is 9.85. The molecule has 0 aliphatic heterocycles. The Kier molecular flexibility index (Phi) is 6.81. The van der Waals surface area contributed by atoms with Gasteiger partial charge in [-0.3, -0.25) is 14.4 Å². The maximum Gasteiger partial charge on any atom is 0.276 e. The molecule has 3 rings (SSSR count). The molecular formula is C23H24N4O4. The Morgan fingerprint density at radius 2 is 1.65 bits per heavy atom. The van der Waals surface area contributed by atoms with Gasteiger partial charge in [0.1, 0.15) is 18.0 Å². The predicted molar refractivity (Wildman–Crippen MR) is 119 cm³/mol. The van der Waals surface area contributed by atoms with Gasteiger partial charge in [0, 0.05) is 17.4 Å². The molecule has 0 saturated carbocycles. The Hall–Kier alpha value is -3.94. The van der Waals surface area contributed by atoms with Gasteiger partial charge >= 0.3 is 0 Å². The molecule has 0 atom stereocenters. The van der Waals surface area contributed by atoms with Crippen molar-refractivity contribution in [1.29, 1.82) is 0 Å². The third-order valence-corrected chi connectivity index (χ3v) is 4.61. The van der Waals surface area contributed by atoms with Crippen LogP contribution in [-0.2, 0) is 11.3 Å². The van der Waals surface area contributed by atoms with E-state index in [4.69, 9.17) is 4.74 Å². The summed E-state index contributed by atoms with van der Waals surface area (Å²) in [5.74, 6) is -0.213. The van der Waals surface area contributed by atoms with Gasteiger partial charge in [-0.1, -0.05) is 6.07 Å². The van der Waals surface area contributed by atoms with Crippen molar-refractivity contribution in [2.45, 2.75) is 27.3 Å². The highest BCUT2D eigenvalue weighted by atomic mass is 16.5. The van der Waals surface area contributed by atoms with Crippen LogP contribution in [0.1, 0.15) is 28.5 Å². The molecule has 0 aliphatic carbocycles. The van der Waals surface area contributed by atoms with E-state index in [9.17, 15) is 14.4 Å². The molecule has 0 radical (unpaired) electrons. The third kappa shape index (κ3) is 5.79. The predicted octanol–water partition coefficient (Wildman–Crippen LogP) is 3.15. The van der Waals surface area contributed by atoms with E-state index in [0.29, 0.717) is 23.7 Å². The van der Waals surface area contributed by atoms with Crippen LogP contribution >= 0.6 is 0 Å². The van der Waals surface area contributed by atoms with Crippen molar-refractivity contribution in [3.63, 3.8) is 0 Å². The van der Waals surface area contributed by atoms with Crippen molar-refractivity contribution in [3.05, 3.63) is 81.8 Å². The molecule has 0 saturated heterocycles. The van der Waals surface area contributed by atoms with E-state index in [0.717, 1.165) is 15.8 Å². The molecular weight excluding hydrogens is 396 g/mol. The lowest BCUT2D eigenvalue weighted by atomic mass is 10.1. The summed E-state index contributed by atoms with van der Waals surface area (Å²) < 4.78 is 6.32. The Labute approximate surface area is 179 Å². The lowest BCUT2D eigenvalue weighted by molar-refractivity contribution is -0.117. The fourth-order valence-corrected chi connectivity index (χ4v) is 2.84. The fourth-order valence-electron chi connectivity index (χ4n) is 2.84. The second-order valence-corrected chi connectivity index (χ2v) is 6.97. The Morgan fingerprint density at radius 3 is 2.32 bits per heavy atom. The minimum Gasteiger partial charge on any atom is -0.494 e. The van der Waals surface area contributed by atoms with Crippen LogP contribution in [0.25, 0.3) is 0 Å². The largest absolute Gasteiger partial charge is 0.494 e. The van der Waals surface area contributed by atoms with E-state index in [-0.39, 0.29) is 12.2 Å². The highest BCUT2D eigenvalue weighted by Crippen LogP contribution is 2.16. The minimum absolute atomic E-state index is 0.0340. The number of nitrogens with one attached hydrogen (secondary N) is 2. The van der Waals surface area contributed by atoms with Crippen LogP contribution in [0.2, 0.25) is 0 Å². The number of carbonyl (C=O) groups is 2. The standard InChI is InChI=1S/C23H24N4O4/c1-4-31-19-9-7-17(8-10-19)24-21(28)14-27-22(29)12-11-20(26-27)23(30)25-18-6-5-15(2)16(3)13-18/h5-13H,4,14H2,1-3H3,(H,24,28)(H,25,30). The Bertz CT molecular complexity index is 1150. The number of anilines is 2. The number of aryl methyl sites for hydroxylation is 2. The van der Waals surface area contributed by atoms with Crippen molar-refractivity contribution in [2.75, 3.05) is 17.2 Å². The summed E-state index contributed by atoms with van der Waals surface area (Å²) >= 11 is 0. The molecule has 1 heterocycles. The smallest absolute Gasteiger partial charge is 0.276 e. The average molecular weight is 420 g/mol. The summed E-state index contributed by atoms with van der Waals surface area (Å²) in [5.41, 5.74) is 2.90. The van der Waals surface area contributed by atoms with Gasteiger partial charge in [-0.25, -0.2) is 4.68 Å². The molecule has 2 aromatic carbocycles. The second kappa shape index (κ2) is 9.71. The van der Waals surface area contributed by atoms with Crippen LogP contribution in [0.4, 0.5) is 11.4 Å². The van der Waals surface area contributed by atoms with E-state index >= 15 is 0 Å². The lowest BCUT2D eigenvalue weighted by Crippen LogP contribution is -2.31. The van der Waals surface area contributed by atoms with Gasteiger partial charge in [-0.05, 0) is 74.4 Å². The molecule has 8 heteroatoms. The molecule has 1 aromatic heterocycles. The van der Waals surface area contributed by atoms with Crippen molar-refractivity contribution in [2.24, 2.45) is 0 Å². The number of hydrogen-bond acceptors (Lipinski definition) is 5. The molecule has 0 unspecified atom stereocenters. The zero-order valence-electron chi connectivity index (χ0n) is 17.6. The number of benzene rings is 2. The van der Waals surface area contributed by atoms with Crippen LogP contribution in [0.15, 0.2) is 59.4 Å². The molecule has 3 aromatic rings. The van der Waals surface area contributed by atoms with Crippen molar-refractivity contribution in [3.8, 4) is 5.75 Å². The molecule has 0 spiro atoms. The van der Waals surface area contributed by atoms with E-state index in [2.05, 4.69) is 15.7 Å². The highest BCUT2D eigenvalue weighted by molar-refractivity contribution is 6.02. The molecule has 0 bridgehead atoms. The van der Waals surface area contributed by atoms with E-state index in [1.165, 1.54) is 12.1 Å². The second-order valence-electron chi connectivity index (χ2n) is 6.97. The number of rotatable bonds is 7. The number of amides is 2. The van der Waals surface area contributed by atoms with Gasteiger partial charge in [-0.2, -0.15) is 5.10 Å². The molecule has 8 nitrogen and oxygen atoms in total. The van der Waals surface area contributed by atoms with Gasteiger partial charge in [0.05, 0.1) is 6.61 Å². The zero-order chi connectivity index (χ0) is 22.4. The van der Waals surface area contributed by atoms with Crippen LogP contribution in [-0.4, -0.2) is 28.2 Å². The number of nitrogens with zero attached hydrogens (tertiary/aromatic N) is 2. The molecule has 0 aliphatic rings. The van der Waals surface area contributed by atoms with Crippen molar-refractivity contribution >= 4 is 23.2 Å². The first-order valence-corrected chi connectivity index (χ1v) is 9.85. The zero-order valence-corrected chi connectivity index (χ0v) is 17.6. The van der Waals surface area contributed by atoms with Gasteiger partial charge in [0.15, 0.2) is 0 Å². The van der Waals surface area contributed by atoms with Crippen molar-refractivity contribution < 1.29 is 14.3 Å². The van der Waals surface area contributed by atoms with Gasteiger partial charge < -0.3 is 15.4 Å². The molecule has 0 fully saturated rings.